The van der Waals surface area contributed by atoms with Crippen LogP contribution in [0.4, 0.5) is 5.69 Å². The third-order valence-corrected chi connectivity index (χ3v) is 7.90. The van der Waals surface area contributed by atoms with Crippen LogP contribution in [0.5, 0.6) is 11.5 Å². The van der Waals surface area contributed by atoms with Crippen molar-refractivity contribution >= 4 is 34.2 Å². The van der Waals surface area contributed by atoms with E-state index in [1.165, 1.54) is 38.9 Å². The number of allylic oxidation sites excluding steroid dienone is 4. The van der Waals surface area contributed by atoms with E-state index in [-0.39, 0.29) is 5.41 Å². The molecule has 4 heteroatoms. The minimum absolute atomic E-state index is 0.134. The number of hydrogen-bond acceptors (Lipinski definition) is 3. The van der Waals surface area contributed by atoms with E-state index in [1.807, 2.05) is 6.07 Å². The van der Waals surface area contributed by atoms with E-state index < -0.39 is 5.97 Å². The normalized spacial score (nSPS) is 17.6. The topological polar surface area (TPSA) is 38.5 Å². The monoisotopic (exact) mass is 502 g/mol. The zero-order chi connectivity index (χ0) is 26.4. The summed E-state index contributed by atoms with van der Waals surface area (Å²) in [6.45, 7) is 11.3. The molecule has 6 rings (SSSR count). The van der Waals surface area contributed by atoms with Gasteiger partial charge in [-0.15, -0.1) is 0 Å². The molecule has 0 N–H and O–H groups in total. The highest BCUT2D eigenvalue weighted by Gasteiger charge is 2.45. The summed E-state index contributed by atoms with van der Waals surface area (Å²) in [5.74, 6) is 1.59. The summed E-state index contributed by atoms with van der Waals surface area (Å²) in [5.41, 5.74) is 7.26. The number of esters is 1. The van der Waals surface area contributed by atoms with Gasteiger partial charge >= 0.3 is 5.97 Å². The van der Waals surface area contributed by atoms with Gasteiger partial charge in [0.2, 0.25) is 5.69 Å². The van der Waals surface area contributed by atoms with Gasteiger partial charge in [0, 0.05) is 35.4 Å². The molecule has 0 spiro atoms. The summed E-state index contributed by atoms with van der Waals surface area (Å²) >= 11 is 0. The summed E-state index contributed by atoms with van der Waals surface area (Å²) < 4.78 is 14.2. The van der Waals surface area contributed by atoms with Crippen molar-refractivity contribution < 1.29 is 18.8 Å². The first-order valence-corrected chi connectivity index (χ1v) is 13.4. The Labute approximate surface area is 223 Å². The Kier molecular flexibility index (Phi) is 5.91. The fraction of sp³-hybridized carbons (Fsp3) is 0.235. The highest BCUT2D eigenvalue weighted by molar-refractivity contribution is 6.07. The first-order valence-electron chi connectivity index (χ1n) is 13.4. The van der Waals surface area contributed by atoms with E-state index in [0.29, 0.717) is 11.5 Å². The highest BCUT2D eigenvalue weighted by Crippen LogP contribution is 2.45. The quantitative estimate of drug-likeness (QED) is 0.155. The number of fused-ring (bicyclic) bond motifs is 5. The Morgan fingerprint density at radius 3 is 2.76 bits per heavy atom. The molecule has 38 heavy (non-hydrogen) atoms. The molecule has 0 saturated carbocycles. The van der Waals surface area contributed by atoms with Gasteiger partial charge in [0.05, 0.1) is 5.41 Å². The van der Waals surface area contributed by atoms with Crippen LogP contribution in [0.1, 0.15) is 51.2 Å². The number of ether oxygens (including phenoxy) is 2. The lowest BCUT2D eigenvalue weighted by Gasteiger charge is -2.26. The summed E-state index contributed by atoms with van der Waals surface area (Å²) in [5, 5.41) is 2.60. The summed E-state index contributed by atoms with van der Waals surface area (Å²) in [6.07, 6.45) is 10.9. The molecular formula is C34H32NO3+. The largest absolute Gasteiger partial charge is 0.456 e. The maximum atomic E-state index is 11.7. The highest BCUT2D eigenvalue weighted by atomic mass is 16.5. The minimum atomic E-state index is -0.483. The number of benzene rings is 3. The van der Waals surface area contributed by atoms with E-state index in [0.717, 1.165) is 43.2 Å². The van der Waals surface area contributed by atoms with E-state index in [4.69, 9.17) is 9.47 Å². The Morgan fingerprint density at radius 2 is 1.95 bits per heavy atom. The lowest BCUT2D eigenvalue weighted by atomic mass is 9.78. The predicted molar refractivity (Wildman–Crippen MR) is 153 cm³/mol. The van der Waals surface area contributed by atoms with Gasteiger partial charge in [0.25, 0.3) is 0 Å². The first kappa shape index (κ1) is 24.2. The zero-order valence-corrected chi connectivity index (χ0v) is 22.2. The fourth-order valence-electron chi connectivity index (χ4n) is 6.13. The Balaban J connectivity index is 1.38. The van der Waals surface area contributed by atoms with Crippen LogP contribution in [0.2, 0.25) is 0 Å². The molecule has 0 unspecified atom stereocenters. The van der Waals surface area contributed by atoms with Crippen molar-refractivity contribution in [3.63, 3.8) is 0 Å². The molecule has 2 heterocycles. The molecule has 0 radical (unpaired) electrons. The molecule has 0 fully saturated rings. The summed E-state index contributed by atoms with van der Waals surface area (Å²) in [7, 11) is 0. The Morgan fingerprint density at radius 1 is 1.11 bits per heavy atom. The zero-order valence-electron chi connectivity index (χ0n) is 22.2. The second-order valence-corrected chi connectivity index (χ2v) is 10.6. The number of rotatable bonds is 5. The SMILES string of the molecule is C=CC(=O)Oc1ccc2c(c1)OC1=C(/C=C/C3=[N+](CC)c4ccc5ccccc5c4C3(C)C)CCCC1=C2. The van der Waals surface area contributed by atoms with Crippen molar-refractivity contribution in [1.29, 1.82) is 0 Å². The van der Waals surface area contributed by atoms with E-state index >= 15 is 0 Å². The molecule has 0 bridgehead atoms. The van der Waals surface area contributed by atoms with Crippen LogP contribution >= 0.6 is 0 Å². The molecule has 190 valence electrons. The summed E-state index contributed by atoms with van der Waals surface area (Å²) in [6, 6.07) is 18.7. The van der Waals surface area contributed by atoms with Gasteiger partial charge in [0.15, 0.2) is 5.71 Å². The molecule has 0 saturated heterocycles. The van der Waals surface area contributed by atoms with Crippen molar-refractivity contribution in [2.24, 2.45) is 0 Å². The van der Waals surface area contributed by atoms with Gasteiger partial charge in [-0.05, 0) is 92.3 Å². The van der Waals surface area contributed by atoms with Gasteiger partial charge in [0.1, 0.15) is 23.8 Å². The van der Waals surface area contributed by atoms with Crippen LogP contribution in [-0.2, 0) is 10.2 Å². The predicted octanol–water partition coefficient (Wildman–Crippen LogP) is 7.80. The third kappa shape index (κ3) is 3.92. The lowest BCUT2D eigenvalue weighted by Crippen LogP contribution is -2.28. The molecule has 2 aliphatic heterocycles. The molecule has 4 nitrogen and oxygen atoms in total. The molecule has 3 aromatic rings. The number of hydrogen-bond donors (Lipinski definition) is 0. The molecule has 3 aromatic carbocycles. The lowest BCUT2D eigenvalue weighted by molar-refractivity contribution is -0.433. The van der Waals surface area contributed by atoms with Crippen molar-refractivity contribution in [3.05, 3.63) is 107 Å². The van der Waals surface area contributed by atoms with Crippen molar-refractivity contribution in [2.45, 2.75) is 45.4 Å². The average Bonchev–Trinajstić information content (AvgIpc) is 3.16. The Hall–Kier alpha value is -4.18. The van der Waals surface area contributed by atoms with Crippen LogP contribution in [0.25, 0.3) is 16.8 Å². The average molecular weight is 503 g/mol. The van der Waals surface area contributed by atoms with Crippen molar-refractivity contribution in [1.82, 2.24) is 0 Å². The van der Waals surface area contributed by atoms with Crippen LogP contribution in [0.15, 0.2) is 96.3 Å². The van der Waals surface area contributed by atoms with Crippen molar-refractivity contribution in [3.8, 4) is 11.5 Å². The van der Waals surface area contributed by atoms with E-state index in [2.05, 4.69) is 86.6 Å². The smallest absolute Gasteiger partial charge is 0.335 e. The maximum Gasteiger partial charge on any atom is 0.335 e. The standard InChI is InChI=1S/C34H32NO3/c1-5-31(36)37-26-17-14-24-20-25-12-9-11-23(33(25)38-29(24)21-26)16-19-30-34(3,4)32-27-13-8-7-10-22(27)15-18-28(32)35(30)6-2/h5,7-8,10,13-21H,1,6,9,11-12H2,2-4H3/q+1/b19-16+. The van der Waals surface area contributed by atoms with Gasteiger partial charge in [-0.3, -0.25) is 0 Å². The Bertz CT molecular complexity index is 1630. The van der Waals surface area contributed by atoms with Crippen LogP contribution in [-0.4, -0.2) is 22.8 Å². The van der Waals surface area contributed by atoms with Gasteiger partial charge < -0.3 is 9.47 Å². The van der Waals surface area contributed by atoms with Crippen LogP contribution in [0, 0.1) is 0 Å². The number of carbonyl (C=O) groups excluding carboxylic acids is 1. The van der Waals surface area contributed by atoms with Crippen LogP contribution in [0.3, 0.4) is 0 Å². The minimum Gasteiger partial charge on any atom is -0.456 e. The molecular weight excluding hydrogens is 470 g/mol. The van der Waals surface area contributed by atoms with E-state index in [9.17, 15) is 4.79 Å². The van der Waals surface area contributed by atoms with E-state index in [1.54, 1.807) is 12.1 Å². The van der Waals surface area contributed by atoms with Gasteiger partial charge in [-0.1, -0.05) is 30.8 Å². The fourth-order valence-corrected chi connectivity index (χ4v) is 6.13. The van der Waals surface area contributed by atoms with Crippen molar-refractivity contribution in [2.75, 3.05) is 6.54 Å². The molecule has 0 amide bonds. The molecule has 0 aromatic heterocycles. The second-order valence-electron chi connectivity index (χ2n) is 10.6. The summed E-state index contributed by atoms with van der Waals surface area (Å²) in [4.78, 5) is 11.7. The maximum absolute atomic E-state index is 11.7. The molecule has 1 aliphatic carbocycles. The number of nitrogens with zero attached hydrogens (tertiary/aromatic N) is 1. The van der Waals surface area contributed by atoms with Gasteiger partial charge in [-0.2, -0.15) is 4.58 Å². The second kappa shape index (κ2) is 9.29. The third-order valence-electron chi connectivity index (χ3n) is 7.90. The van der Waals surface area contributed by atoms with Crippen LogP contribution < -0.4 is 9.47 Å². The first-order chi connectivity index (χ1) is 18.4. The molecule has 0 atom stereocenters. The van der Waals surface area contributed by atoms with Gasteiger partial charge in [-0.25, -0.2) is 4.79 Å². The number of carbonyl (C=O) groups is 1. The molecule has 3 aliphatic rings.